The molecule has 0 spiro atoms. The van der Waals surface area contributed by atoms with Crippen LogP contribution >= 0.6 is 27.3 Å². The highest BCUT2D eigenvalue weighted by molar-refractivity contribution is 9.10. The lowest BCUT2D eigenvalue weighted by Crippen LogP contribution is -2.03. The number of esters is 1. The predicted molar refractivity (Wildman–Crippen MR) is 75.9 cm³/mol. The Hall–Kier alpha value is -1.20. The summed E-state index contributed by atoms with van der Waals surface area (Å²) in [4.78, 5) is 17.0. The standard InChI is InChI=1S/C13H12BrNO2S/c1-3-17-13(16)12-15-11(8(2)18-12)9-4-6-10(14)7-5-9/h4-7H,3H2,1-2H3. The van der Waals surface area contributed by atoms with Crippen molar-refractivity contribution in [2.75, 3.05) is 6.61 Å². The van der Waals surface area contributed by atoms with E-state index >= 15 is 0 Å². The smallest absolute Gasteiger partial charge is 0.367 e. The SMILES string of the molecule is CCOC(=O)c1nc(-c2ccc(Br)cc2)c(C)s1. The van der Waals surface area contributed by atoms with Gasteiger partial charge in [0.1, 0.15) is 0 Å². The van der Waals surface area contributed by atoms with Crippen LogP contribution in [0.15, 0.2) is 28.7 Å². The fourth-order valence-electron chi connectivity index (χ4n) is 1.55. The molecule has 0 saturated carbocycles. The maximum atomic E-state index is 11.6. The average Bonchev–Trinajstić information content (AvgIpc) is 2.73. The predicted octanol–water partition coefficient (Wildman–Crippen LogP) is 4.06. The molecule has 0 saturated heterocycles. The normalized spacial score (nSPS) is 10.4. The van der Waals surface area contributed by atoms with E-state index in [0.717, 1.165) is 20.6 Å². The van der Waals surface area contributed by atoms with Gasteiger partial charge in [0, 0.05) is 14.9 Å². The second-order valence-corrected chi connectivity index (χ2v) is 5.77. The molecule has 1 aromatic heterocycles. The molecule has 0 unspecified atom stereocenters. The summed E-state index contributed by atoms with van der Waals surface area (Å²) in [5, 5.41) is 0.410. The van der Waals surface area contributed by atoms with Gasteiger partial charge in [0.25, 0.3) is 0 Å². The minimum atomic E-state index is -0.353. The Morgan fingerprint density at radius 3 is 2.67 bits per heavy atom. The summed E-state index contributed by atoms with van der Waals surface area (Å²) in [6.45, 7) is 4.11. The number of hydrogen-bond acceptors (Lipinski definition) is 4. The lowest BCUT2D eigenvalue weighted by atomic mass is 10.1. The molecule has 0 aliphatic carbocycles. The second kappa shape index (κ2) is 5.63. The van der Waals surface area contributed by atoms with Crippen molar-refractivity contribution in [3.8, 4) is 11.3 Å². The molecular formula is C13H12BrNO2S. The van der Waals surface area contributed by atoms with Crippen molar-refractivity contribution >= 4 is 33.2 Å². The first kappa shape index (κ1) is 13.2. The van der Waals surface area contributed by atoms with Crippen LogP contribution in [0.5, 0.6) is 0 Å². The van der Waals surface area contributed by atoms with Gasteiger partial charge in [0.05, 0.1) is 12.3 Å². The third kappa shape index (κ3) is 2.79. The molecule has 1 heterocycles. The number of thiazole rings is 1. The van der Waals surface area contributed by atoms with Crippen LogP contribution in [-0.2, 0) is 4.74 Å². The highest BCUT2D eigenvalue weighted by Gasteiger charge is 2.16. The highest BCUT2D eigenvalue weighted by Crippen LogP contribution is 2.28. The van der Waals surface area contributed by atoms with Gasteiger partial charge in [-0.05, 0) is 26.0 Å². The topological polar surface area (TPSA) is 39.2 Å². The molecule has 5 heteroatoms. The van der Waals surface area contributed by atoms with Crippen molar-refractivity contribution < 1.29 is 9.53 Å². The van der Waals surface area contributed by atoms with E-state index in [2.05, 4.69) is 20.9 Å². The average molecular weight is 326 g/mol. The minimum Gasteiger partial charge on any atom is -0.461 e. The number of carbonyl (C=O) groups excluding carboxylic acids is 1. The molecular weight excluding hydrogens is 314 g/mol. The number of carbonyl (C=O) groups is 1. The van der Waals surface area contributed by atoms with Crippen LogP contribution in [0.2, 0.25) is 0 Å². The zero-order valence-corrected chi connectivity index (χ0v) is 12.5. The summed E-state index contributed by atoms with van der Waals surface area (Å²) in [5.41, 5.74) is 1.85. The first-order valence-electron chi connectivity index (χ1n) is 5.52. The molecule has 0 fully saturated rings. The van der Waals surface area contributed by atoms with E-state index < -0.39 is 0 Å². The fraction of sp³-hybridized carbons (Fsp3) is 0.231. The van der Waals surface area contributed by atoms with Crippen LogP contribution in [0.4, 0.5) is 0 Å². The Balaban J connectivity index is 2.34. The number of aryl methyl sites for hydroxylation is 1. The molecule has 0 bridgehead atoms. The lowest BCUT2D eigenvalue weighted by Gasteiger charge is -1.98. The van der Waals surface area contributed by atoms with Crippen LogP contribution in [0.25, 0.3) is 11.3 Å². The molecule has 0 aliphatic rings. The number of rotatable bonds is 3. The van der Waals surface area contributed by atoms with Gasteiger partial charge in [0.2, 0.25) is 5.01 Å². The van der Waals surface area contributed by atoms with E-state index in [1.807, 2.05) is 31.2 Å². The molecule has 1 aromatic carbocycles. The summed E-state index contributed by atoms with van der Waals surface area (Å²) in [6, 6.07) is 7.86. The van der Waals surface area contributed by atoms with E-state index in [-0.39, 0.29) is 5.97 Å². The number of nitrogens with zero attached hydrogens (tertiary/aromatic N) is 1. The quantitative estimate of drug-likeness (QED) is 0.799. The van der Waals surface area contributed by atoms with E-state index in [1.165, 1.54) is 11.3 Å². The molecule has 0 aliphatic heterocycles. The molecule has 0 radical (unpaired) electrons. The molecule has 18 heavy (non-hydrogen) atoms. The summed E-state index contributed by atoms with van der Waals surface area (Å²) in [6.07, 6.45) is 0. The first-order chi connectivity index (χ1) is 8.61. The van der Waals surface area contributed by atoms with Crippen molar-refractivity contribution in [3.63, 3.8) is 0 Å². The zero-order chi connectivity index (χ0) is 13.1. The monoisotopic (exact) mass is 325 g/mol. The van der Waals surface area contributed by atoms with E-state index in [9.17, 15) is 4.79 Å². The largest absolute Gasteiger partial charge is 0.461 e. The van der Waals surface area contributed by atoms with Crippen molar-refractivity contribution in [3.05, 3.63) is 38.6 Å². The molecule has 3 nitrogen and oxygen atoms in total. The van der Waals surface area contributed by atoms with E-state index in [1.54, 1.807) is 6.92 Å². The Kier molecular flexibility index (Phi) is 4.14. The zero-order valence-electron chi connectivity index (χ0n) is 10.1. The van der Waals surface area contributed by atoms with Crippen LogP contribution in [0, 0.1) is 6.92 Å². The Morgan fingerprint density at radius 1 is 1.39 bits per heavy atom. The van der Waals surface area contributed by atoms with Crippen molar-refractivity contribution in [2.45, 2.75) is 13.8 Å². The Bertz CT molecular complexity index is 563. The van der Waals surface area contributed by atoms with Crippen molar-refractivity contribution in [1.82, 2.24) is 4.98 Å². The van der Waals surface area contributed by atoms with Gasteiger partial charge in [-0.2, -0.15) is 0 Å². The first-order valence-corrected chi connectivity index (χ1v) is 7.13. The summed E-state index contributed by atoms with van der Waals surface area (Å²) < 4.78 is 5.97. The number of hydrogen-bond donors (Lipinski definition) is 0. The van der Waals surface area contributed by atoms with Gasteiger partial charge in [-0.15, -0.1) is 11.3 Å². The lowest BCUT2D eigenvalue weighted by molar-refractivity contribution is 0.0526. The Labute approximate surface area is 118 Å². The van der Waals surface area contributed by atoms with Crippen LogP contribution in [0.3, 0.4) is 0 Å². The van der Waals surface area contributed by atoms with E-state index in [4.69, 9.17) is 4.74 Å². The number of aromatic nitrogens is 1. The molecule has 94 valence electrons. The van der Waals surface area contributed by atoms with Crippen LogP contribution in [-0.4, -0.2) is 17.6 Å². The van der Waals surface area contributed by atoms with Gasteiger partial charge in [-0.1, -0.05) is 28.1 Å². The molecule has 0 amide bonds. The number of ether oxygens (including phenoxy) is 1. The fourth-order valence-corrected chi connectivity index (χ4v) is 2.65. The minimum absolute atomic E-state index is 0.353. The number of halogens is 1. The number of benzene rings is 1. The van der Waals surface area contributed by atoms with Crippen LogP contribution in [0.1, 0.15) is 21.6 Å². The summed E-state index contributed by atoms with van der Waals surface area (Å²) in [7, 11) is 0. The van der Waals surface area contributed by atoms with Crippen LogP contribution < -0.4 is 0 Å². The van der Waals surface area contributed by atoms with Gasteiger partial charge < -0.3 is 4.74 Å². The molecule has 2 aromatic rings. The Morgan fingerprint density at radius 2 is 2.06 bits per heavy atom. The third-order valence-electron chi connectivity index (χ3n) is 2.36. The van der Waals surface area contributed by atoms with Crippen molar-refractivity contribution in [2.24, 2.45) is 0 Å². The second-order valence-electron chi connectivity index (χ2n) is 3.65. The van der Waals surface area contributed by atoms with Gasteiger partial charge in [0.15, 0.2) is 0 Å². The van der Waals surface area contributed by atoms with E-state index in [0.29, 0.717) is 11.6 Å². The van der Waals surface area contributed by atoms with Gasteiger partial charge in [-0.25, -0.2) is 9.78 Å². The molecule has 0 atom stereocenters. The molecule has 0 N–H and O–H groups in total. The molecule has 2 rings (SSSR count). The maximum Gasteiger partial charge on any atom is 0.367 e. The van der Waals surface area contributed by atoms with Crippen molar-refractivity contribution in [1.29, 1.82) is 0 Å². The maximum absolute atomic E-state index is 11.6. The highest BCUT2D eigenvalue weighted by atomic mass is 79.9. The summed E-state index contributed by atoms with van der Waals surface area (Å²) in [5.74, 6) is -0.353. The summed E-state index contributed by atoms with van der Waals surface area (Å²) >= 11 is 4.76. The van der Waals surface area contributed by atoms with Gasteiger partial charge >= 0.3 is 5.97 Å². The third-order valence-corrected chi connectivity index (χ3v) is 3.84. The van der Waals surface area contributed by atoms with Gasteiger partial charge in [-0.3, -0.25) is 0 Å².